The SMILES string of the molecule is O=[N+]([O-])c1cc2oc(C3CC3)nc2cc1O. The largest absolute Gasteiger partial charge is 0.502 e. The number of nitro groups is 1. The van der Waals surface area contributed by atoms with Crippen LogP contribution in [0.4, 0.5) is 5.69 Å². The molecule has 1 saturated carbocycles. The number of nitrogens with zero attached hydrogens (tertiary/aromatic N) is 2. The topological polar surface area (TPSA) is 89.4 Å². The molecule has 1 aromatic carbocycles. The van der Waals surface area contributed by atoms with Crippen molar-refractivity contribution in [3.8, 4) is 5.75 Å². The van der Waals surface area contributed by atoms with Crippen LogP contribution in [0.3, 0.4) is 0 Å². The maximum absolute atomic E-state index is 10.6. The summed E-state index contributed by atoms with van der Waals surface area (Å²) >= 11 is 0. The molecule has 1 N–H and O–H groups in total. The first-order chi connectivity index (χ1) is 7.65. The van der Waals surface area contributed by atoms with Crippen LogP contribution in [-0.4, -0.2) is 15.0 Å². The van der Waals surface area contributed by atoms with E-state index in [0.29, 0.717) is 22.9 Å². The van der Waals surface area contributed by atoms with Crippen LogP contribution in [0.25, 0.3) is 11.1 Å². The lowest BCUT2D eigenvalue weighted by Crippen LogP contribution is -1.87. The number of hydrogen-bond donors (Lipinski definition) is 1. The van der Waals surface area contributed by atoms with E-state index in [0.717, 1.165) is 12.8 Å². The number of aromatic nitrogens is 1. The van der Waals surface area contributed by atoms with E-state index in [9.17, 15) is 15.2 Å². The maximum Gasteiger partial charge on any atom is 0.314 e. The Hall–Kier alpha value is -2.11. The number of phenolic OH excluding ortho intramolecular Hbond substituents is 1. The first-order valence-electron chi connectivity index (χ1n) is 4.93. The number of fused-ring (bicyclic) bond motifs is 1. The Morgan fingerprint density at radius 1 is 1.50 bits per heavy atom. The van der Waals surface area contributed by atoms with Gasteiger partial charge in [-0.15, -0.1) is 0 Å². The van der Waals surface area contributed by atoms with E-state index >= 15 is 0 Å². The summed E-state index contributed by atoms with van der Waals surface area (Å²) < 4.78 is 5.41. The maximum atomic E-state index is 10.6. The minimum Gasteiger partial charge on any atom is -0.502 e. The highest BCUT2D eigenvalue weighted by atomic mass is 16.6. The number of phenols is 1. The molecule has 6 nitrogen and oxygen atoms in total. The Morgan fingerprint density at radius 3 is 2.88 bits per heavy atom. The minimum atomic E-state index is -0.645. The van der Waals surface area contributed by atoms with Crippen LogP contribution in [0.15, 0.2) is 16.5 Å². The van der Waals surface area contributed by atoms with Gasteiger partial charge in [-0.25, -0.2) is 4.98 Å². The molecule has 0 bridgehead atoms. The van der Waals surface area contributed by atoms with E-state index in [1.54, 1.807) is 0 Å². The van der Waals surface area contributed by atoms with Crippen molar-refractivity contribution in [2.75, 3.05) is 0 Å². The molecule has 0 spiro atoms. The van der Waals surface area contributed by atoms with E-state index in [4.69, 9.17) is 4.42 Å². The first-order valence-corrected chi connectivity index (χ1v) is 4.93. The molecule has 82 valence electrons. The molecule has 0 aliphatic heterocycles. The predicted molar refractivity (Wildman–Crippen MR) is 54.3 cm³/mol. The van der Waals surface area contributed by atoms with E-state index in [2.05, 4.69) is 4.98 Å². The minimum absolute atomic E-state index is 0.341. The molecule has 0 unspecified atom stereocenters. The zero-order valence-corrected chi connectivity index (χ0v) is 8.21. The van der Waals surface area contributed by atoms with Crippen molar-refractivity contribution in [1.29, 1.82) is 0 Å². The summed E-state index contributed by atoms with van der Waals surface area (Å²) in [7, 11) is 0. The van der Waals surface area contributed by atoms with Crippen molar-refractivity contribution in [3.05, 3.63) is 28.1 Å². The summed E-state index contributed by atoms with van der Waals surface area (Å²) in [5, 5.41) is 20.0. The molecular weight excluding hydrogens is 212 g/mol. The molecule has 6 heteroatoms. The lowest BCUT2D eigenvalue weighted by molar-refractivity contribution is -0.385. The fourth-order valence-electron chi connectivity index (χ4n) is 1.62. The van der Waals surface area contributed by atoms with Crippen LogP contribution in [0.2, 0.25) is 0 Å². The third-order valence-electron chi connectivity index (χ3n) is 2.62. The zero-order chi connectivity index (χ0) is 11.3. The van der Waals surface area contributed by atoms with Gasteiger partial charge in [0.1, 0.15) is 5.52 Å². The van der Waals surface area contributed by atoms with Crippen molar-refractivity contribution >= 4 is 16.8 Å². The first kappa shape index (κ1) is 9.14. The lowest BCUT2D eigenvalue weighted by atomic mass is 10.2. The summed E-state index contributed by atoms with van der Waals surface area (Å²) in [5.41, 5.74) is 0.461. The molecule has 0 atom stereocenters. The van der Waals surface area contributed by atoms with Crippen LogP contribution in [0.5, 0.6) is 5.75 Å². The number of aromatic hydroxyl groups is 1. The smallest absolute Gasteiger partial charge is 0.314 e. The van der Waals surface area contributed by atoms with E-state index < -0.39 is 4.92 Å². The summed E-state index contributed by atoms with van der Waals surface area (Å²) in [6, 6.07) is 2.48. The molecule has 1 aliphatic carbocycles. The fourth-order valence-corrected chi connectivity index (χ4v) is 1.62. The van der Waals surface area contributed by atoms with Crippen molar-refractivity contribution in [2.24, 2.45) is 0 Å². The highest BCUT2D eigenvalue weighted by Crippen LogP contribution is 2.41. The molecular formula is C10H8N2O4. The van der Waals surface area contributed by atoms with E-state index in [-0.39, 0.29) is 11.4 Å². The molecule has 1 aliphatic rings. The van der Waals surface area contributed by atoms with Crippen LogP contribution in [-0.2, 0) is 0 Å². The number of benzene rings is 1. The summed E-state index contributed by atoms with van der Waals surface area (Å²) in [6.45, 7) is 0. The van der Waals surface area contributed by atoms with Gasteiger partial charge < -0.3 is 9.52 Å². The molecule has 0 saturated heterocycles. The molecule has 1 aromatic heterocycles. The second-order valence-electron chi connectivity index (χ2n) is 3.89. The van der Waals surface area contributed by atoms with Gasteiger partial charge >= 0.3 is 5.69 Å². The van der Waals surface area contributed by atoms with E-state index in [1.165, 1.54) is 12.1 Å². The summed E-state index contributed by atoms with van der Waals surface area (Å²) in [5.74, 6) is 0.566. The quantitative estimate of drug-likeness (QED) is 0.619. The Kier molecular flexibility index (Phi) is 1.68. The van der Waals surface area contributed by atoms with Gasteiger partial charge in [0.15, 0.2) is 17.2 Å². The van der Waals surface area contributed by atoms with Crippen molar-refractivity contribution in [2.45, 2.75) is 18.8 Å². The van der Waals surface area contributed by atoms with Crippen LogP contribution in [0.1, 0.15) is 24.7 Å². The van der Waals surface area contributed by atoms with Crippen LogP contribution >= 0.6 is 0 Å². The molecule has 0 amide bonds. The monoisotopic (exact) mass is 220 g/mol. The number of oxazole rings is 1. The summed E-state index contributed by atoms with van der Waals surface area (Å²) in [6.07, 6.45) is 2.09. The molecule has 2 aromatic rings. The van der Waals surface area contributed by atoms with Crippen molar-refractivity contribution in [1.82, 2.24) is 4.98 Å². The Bertz CT molecular complexity index is 586. The Balaban J connectivity index is 2.19. The van der Waals surface area contributed by atoms with Gasteiger partial charge in [0, 0.05) is 12.0 Å². The number of rotatable bonds is 2. The van der Waals surface area contributed by atoms with Gasteiger partial charge in [-0.2, -0.15) is 0 Å². The molecule has 3 rings (SSSR count). The molecule has 16 heavy (non-hydrogen) atoms. The number of nitro benzene ring substituents is 1. The third-order valence-corrected chi connectivity index (χ3v) is 2.62. The average Bonchev–Trinajstić information content (AvgIpc) is 2.98. The second-order valence-corrected chi connectivity index (χ2v) is 3.89. The molecule has 1 heterocycles. The lowest BCUT2D eigenvalue weighted by Gasteiger charge is -1.93. The van der Waals surface area contributed by atoms with Crippen LogP contribution in [0, 0.1) is 10.1 Å². The van der Waals surface area contributed by atoms with Gasteiger partial charge in [0.05, 0.1) is 11.0 Å². The highest BCUT2D eigenvalue weighted by Gasteiger charge is 2.29. The van der Waals surface area contributed by atoms with Crippen LogP contribution < -0.4 is 0 Å². The van der Waals surface area contributed by atoms with E-state index in [1.807, 2.05) is 0 Å². The van der Waals surface area contributed by atoms with Gasteiger partial charge in [0.25, 0.3) is 0 Å². The van der Waals surface area contributed by atoms with Gasteiger partial charge in [-0.05, 0) is 12.8 Å². The van der Waals surface area contributed by atoms with Gasteiger partial charge in [-0.1, -0.05) is 0 Å². The standard InChI is InChI=1S/C10H8N2O4/c13-8-3-6-9(4-7(8)12(14)15)16-10(11-6)5-1-2-5/h3-5,13H,1-2H2. The third kappa shape index (κ3) is 1.30. The zero-order valence-electron chi connectivity index (χ0n) is 8.21. The molecule has 1 fully saturated rings. The highest BCUT2D eigenvalue weighted by molar-refractivity contribution is 5.79. The van der Waals surface area contributed by atoms with Crippen molar-refractivity contribution in [3.63, 3.8) is 0 Å². The summed E-state index contributed by atoms with van der Waals surface area (Å²) in [4.78, 5) is 14.1. The Morgan fingerprint density at radius 2 is 2.25 bits per heavy atom. The van der Waals surface area contributed by atoms with Gasteiger partial charge in [-0.3, -0.25) is 10.1 Å². The second kappa shape index (κ2) is 2.94. The average molecular weight is 220 g/mol. The fraction of sp³-hybridized carbons (Fsp3) is 0.300. The molecule has 0 radical (unpaired) electrons. The van der Waals surface area contributed by atoms with Gasteiger partial charge in [0.2, 0.25) is 0 Å². The van der Waals surface area contributed by atoms with Crippen molar-refractivity contribution < 1.29 is 14.4 Å². The normalized spacial score (nSPS) is 15.5. The Labute approximate surface area is 89.7 Å². The number of hydrogen-bond acceptors (Lipinski definition) is 5. The predicted octanol–water partition coefficient (Wildman–Crippen LogP) is 2.32.